The second-order valence-corrected chi connectivity index (χ2v) is 5.66. The molecule has 0 saturated carbocycles. The van der Waals surface area contributed by atoms with Gasteiger partial charge in [-0.3, -0.25) is 0 Å². The highest BCUT2D eigenvalue weighted by Gasteiger charge is 2.31. The van der Waals surface area contributed by atoms with Crippen molar-refractivity contribution < 1.29 is 9.84 Å². The Hall–Kier alpha value is -2.35. The quantitative estimate of drug-likeness (QED) is 0.829. The molecule has 0 amide bonds. The number of rotatable bonds is 1. The molecule has 0 aliphatic carbocycles. The van der Waals surface area contributed by atoms with Crippen LogP contribution in [0.1, 0.15) is 17.0 Å². The number of fused-ring (bicyclic) bond motifs is 1. The molecule has 3 N–H and O–H groups in total. The number of benzene rings is 2. The fourth-order valence-corrected chi connectivity index (χ4v) is 2.87. The highest BCUT2D eigenvalue weighted by atomic mass is 35.5. The van der Waals surface area contributed by atoms with Gasteiger partial charge in [0.15, 0.2) is 0 Å². The molecule has 0 saturated heterocycles. The summed E-state index contributed by atoms with van der Waals surface area (Å²) in [4.78, 5) is 0. The molecule has 0 radical (unpaired) electrons. The molecule has 3 rings (SSSR count). The molecule has 110 valence electrons. The summed E-state index contributed by atoms with van der Waals surface area (Å²) in [7, 11) is 0. The number of aromatic hydroxyl groups is 1. The van der Waals surface area contributed by atoms with Gasteiger partial charge < -0.3 is 15.6 Å². The number of nitrogens with two attached hydrogens (primary N) is 1. The first-order valence-electron chi connectivity index (χ1n) is 6.36. The average Bonchev–Trinajstić information content (AvgIpc) is 2.48. The van der Waals surface area contributed by atoms with E-state index >= 15 is 0 Å². The predicted octanol–water partition coefficient (Wildman–Crippen LogP) is 3.92. The first-order chi connectivity index (χ1) is 10.5. The summed E-state index contributed by atoms with van der Waals surface area (Å²) in [5, 5.41) is 19.9. The first-order valence-corrected chi connectivity index (χ1v) is 7.12. The van der Waals surface area contributed by atoms with Crippen LogP contribution < -0.4 is 10.5 Å². The van der Waals surface area contributed by atoms with Gasteiger partial charge in [0, 0.05) is 16.7 Å². The summed E-state index contributed by atoms with van der Waals surface area (Å²) < 4.78 is 5.44. The third-order valence-corrected chi connectivity index (χ3v) is 4.00. The van der Waals surface area contributed by atoms with Crippen molar-refractivity contribution in [2.75, 3.05) is 0 Å². The molecule has 1 aliphatic rings. The molecule has 0 bridgehead atoms. The van der Waals surface area contributed by atoms with Crippen molar-refractivity contribution in [3.05, 3.63) is 69.0 Å². The van der Waals surface area contributed by atoms with Crippen LogP contribution in [0.2, 0.25) is 10.0 Å². The van der Waals surface area contributed by atoms with E-state index < -0.39 is 5.92 Å². The Kier molecular flexibility index (Phi) is 3.61. The van der Waals surface area contributed by atoms with Crippen molar-refractivity contribution in [1.82, 2.24) is 0 Å². The summed E-state index contributed by atoms with van der Waals surface area (Å²) in [6, 6.07) is 12.2. The predicted molar refractivity (Wildman–Crippen MR) is 83.9 cm³/mol. The minimum Gasteiger partial charge on any atom is -0.506 e. The minimum absolute atomic E-state index is 0.00157. The molecule has 2 aromatic carbocycles. The zero-order valence-electron chi connectivity index (χ0n) is 11.2. The monoisotopic (exact) mass is 332 g/mol. The highest BCUT2D eigenvalue weighted by Crippen LogP contribution is 2.45. The summed E-state index contributed by atoms with van der Waals surface area (Å²) in [6.45, 7) is 0. The molecule has 4 nitrogen and oxygen atoms in total. The molecule has 2 aromatic rings. The van der Waals surface area contributed by atoms with Crippen LogP contribution in [0.15, 0.2) is 47.9 Å². The average molecular weight is 333 g/mol. The third-order valence-electron chi connectivity index (χ3n) is 3.47. The number of hydrogen-bond donors (Lipinski definition) is 2. The Balaban J connectivity index is 2.27. The second kappa shape index (κ2) is 5.45. The molecule has 22 heavy (non-hydrogen) atoms. The zero-order valence-corrected chi connectivity index (χ0v) is 12.7. The van der Waals surface area contributed by atoms with Gasteiger partial charge in [0.25, 0.3) is 0 Å². The molecule has 0 spiro atoms. The van der Waals surface area contributed by atoms with Gasteiger partial charge in [0.1, 0.15) is 23.1 Å². The Bertz CT molecular complexity index is 841. The number of ether oxygens (including phenoxy) is 1. The van der Waals surface area contributed by atoms with Crippen molar-refractivity contribution in [1.29, 1.82) is 5.26 Å². The fourth-order valence-electron chi connectivity index (χ4n) is 2.50. The van der Waals surface area contributed by atoms with Crippen molar-refractivity contribution in [3.63, 3.8) is 0 Å². The van der Waals surface area contributed by atoms with E-state index in [1.165, 1.54) is 6.07 Å². The minimum atomic E-state index is -0.453. The van der Waals surface area contributed by atoms with Crippen molar-refractivity contribution >= 4 is 23.2 Å². The van der Waals surface area contributed by atoms with Gasteiger partial charge in [-0.25, -0.2) is 0 Å². The number of nitrogens with zero attached hydrogens (tertiary/aromatic N) is 1. The molecule has 0 aromatic heterocycles. The Morgan fingerprint density at radius 1 is 1.23 bits per heavy atom. The number of phenols is 1. The standard InChI is InChI=1S/C16H10Cl2N2O2/c17-9-3-1-2-8(4-9)15-10-5-12(18)13(21)6-14(10)22-16(20)11(15)7-19/h1-6,15,21H,20H2. The molecule has 0 fully saturated rings. The fraction of sp³-hybridized carbons (Fsp3) is 0.0625. The van der Waals surface area contributed by atoms with E-state index in [2.05, 4.69) is 6.07 Å². The number of allylic oxidation sites excluding steroid dienone is 1. The zero-order chi connectivity index (χ0) is 15.9. The normalized spacial score (nSPS) is 16.7. The lowest BCUT2D eigenvalue weighted by Crippen LogP contribution is -2.21. The summed E-state index contributed by atoms with van der Waals surface area (Å²) >= 11 is 12.0. The topological polar surface area (TPSA) is 79.3 Å². The van der Waals surface area contributed by atoms with Gasteiger partial charge in [0.05, 0.1) is 10.9 Å². The van der Waals surface area contributed by atoms with Crippen LogP contribution in [0.25, 0.3) is 0 Å². The Labute approximate surface area is 136 Å². The van der Waals surface area contributed by atoms with E-state index in [4.69, 9.17) is 33.7 Å². The maximum absolute atomic E-state index is 9.73. The molecule has 1 aliphatic heterocycles. The van der Waals surface area contributed by atoms with Gasteiger partial charge in [-0.05, 0) is 23.8 Å². The van der Waals surface area contributed by atoms with Gasteiger partial charge in [-0.1, -0.05) is 35.3 Å². The summed E-state index contributed by atoms with van der Waals surface area (Å²) in [6.07, 6.45) is 0. The van der Waals surface area contributed by atoms with Crippen molar-refractivity contribution in [2.24, 2.45) is 5.73 Å². The number of phenolic OH excluding ortho intramolecular Hbond substituents is 1. The van der Waals surface area contributed by atoms with E-state index in [0.29, 0.717) is 16.3 Å². The van der Waals surface area contributed by atoms with E-state index in [-0.39, 0.29) is 22.2 Å². The summed E-state index contributed by atoms with van der Waals surface area (Å²) in [5.74, 6) is -0.200. The second-order valence-electron chi connectivity index (χ2n) is 4.82. The number of halogens is 2. The maximum Gasteiger partial charge on any atom is 0.205 e. The lowest BCUT2D eigenvalue weighted by Gasteiger charge is -2.26. The Morgan fingerprint density at radius 3 is 2.68 bits per heavy atom. The number of hydrogen-bond acceptors (Lipinski definition) is 4. The van der Waals surface area contributed by atoms with Crippen LogP contribution in [-0.2, 0) is 0 Å². The molecule has 1 heterocycles. The summed E-state index contributed by atoms with van der Waals surface area (Å²) in [5.41, 5.74) is 7.56. The van der Waals surface area contributed by atoms with Crippen LogP contribution in [0.4, 0.5) is 0 Å². The van der Waals surface area contributed by atoms with Gasteiger partial charge in [-0.15, -0.1) is 0 Å². The van der Waals surface area contributed by atoms with Gasteiger partial charge >= 0.3 is 0 Å². The smallest absolute Gasteiger partial charge is 0.205 e. The van der Waals surface area contributed by atoms with Crippen LogP contribution in [0.5, 0.6) is 11.5 Å². The van der Waals surface area contributed by atoms with Crippen LogP contribution in [0, 0.1) is 11.3 Å². The molecular weight excluding hydrogens is 323 g/mol. The molecular formula is C16H10Cl2N2O2. The lowest BCUT2D eigenvalue weighted by molar-refractivity contribution is 0.388. The lowest BCUT2D eigenvalue weighted by atomic mass is 9.83. The highest BCUT2D eigenvalue weighted by molar-refractivity contribution is 6.32. The number of nitriles is 1. The molecule has 1 atom stereocenters. The van der Waals surface area contributed by atoms with Crippen LogP contribution >= 0.6 is 23.2 Å². The van der Waals surface area contributed by atoms with E-state index in [0.717, 1.165) is 5.56 Å². The van der Waals surface area contributed by atoms with Crippen LogP contribution in [0.3, 0.4) is 0 Å². The third kappa shape index (κ3) is 2.35. The van der Waals surface area contributed by atoms with Gasteiger partial charge in [0.2, 0.25) is 5.88 Å². The molecule has 6 heteroatoms. The SMILES string of the molecule is N#CC1=C(N)Oc2cc(O)c(Cl)cc2C1c1cccc(Cl)c1. The van der Waals surface area contributed by atoms with Crippen molar-refractivity contribution in [2.45, 2.75) is 5.92 Å². The van der Waals surface area contributed by atoms with E-state index in [1.54, 1.807) is 24.3 Å². The molecule has 1 unspecified atom stereocenters. The maximum atomic E-state index is 9.73. The largest absolute Gasteiger partial charge is 0.506 e. The van der Waals surface area contributed by atoms with Gasteiger partial charge in [-0.2, -0.15) is 5.26 Å². The van der Waals surface area contributed by atoms with Crippen molar-refractivity contribution in [3.8, 4) is 17.6 Å². The van der Waals surface area contributed by atoms with E-state index in [1.807, 2.05) is 6.07 Å². The van der Waals surface area contributed by atoms with E-state index in [9.17, 15) is 10.4 Å². The van der Waals surface area contributed by atoms with Crippen LogP contribution in [-0.4, -0.2) is 5.11 Å². The first kappa shape index (κ1) is 14.6. The Morgan fingerprint density at radius 2 is 2.00 bits per heavy atom.